The maximum Gasteiger partial charge on any atom is 0.178 e. The van der Waals surface area contributed by atoms with E-state index in [0.29, 0.717) is 5.41 Å². The van der Waals surface area contributed by atoms with E-state index in [1.54, 1.807) is 0 Å². The van der Waals surface area contributed by atoms with E-state index in [-0.39, 0.29) is 0 Å². The van der Waals surface area contributed by atoms with Crippen LogP contribution in [-0.4, -0.2) is 12.5 Å². The monoisotopic (exact) mass is 348 g/mol. The maximum atomic E-state index is 2.63. The number of hydrogen-bond donors (Lipinski definition) is 0. The highest BCUT2D eigenvalue weighted by Gasteiger charge is 2.40. The second-order valence-electron chi connectivity index (χ2n) is 9.37. The molecule has 0 heterocycles. The zero-order valence-electron chi connectivity index (χ0n) is 16.9. The molecule has 2 aliphatic carbocycles. The van der Waals surface area contributed by atoms with E-state index in [1.165, 1.54) is 82.8 Å². The van der Waals surface area contributed by atoms with E-state index < -0.39 is 0 Å². The van der Waals surface area contributed by atoms with Gasteiger partial charge in [0, 0.05) is 0 Å². The predicted molar refractivity (Wildman–Crippen MR) is 114 cm³/mol. The minimum absolute atomic E-state index is 0.332. The summed E-state index contributed by atoms with van der Waals surface area (Å²) in [4.78, 5) is 0. The third-order valence-corrected chi connectivity index (χ3v) is 7.31. The zero-order valence-corrected chi connectivity index (χ0v) is 17.7. The Morgan fingerprint density at radius 3 is 1.83 bits per heavy atom. The molecule has 0 unspecified atom stereocenters. The van der Waals surface area contributed by atoms with E-state index in [4.69, 9.17) is 0 Å². The molecular weight excluding hydrogens is 307 g/mol. The third-order valence-electron chi connectivity index (χ3n) is 6.37. The molecule has 0 saturated heterocycles. The van der Waals surface area contributed by atoms with E-state index in [2.05, 4.69) is 44.9 Å². The van der Waals surface area contributed by atoms with Crippen LogP contribution in [0, 0.1) is 5.41 Å². The Hall–Kier alpha value is 0.155. The zero-order chi connectivity index (χ0) is 17.4. The van der Waals surface area contributed by atoms with Crippen molar-refractivity contribution in [1.29, 1.82) is 0 Å². The molecule has 0 nitrogen and oxygen atoms in total. The molecule has 0 aromatic carbocycles. The van der Waals surface area contributed by atoms with Crippen LogP contribution in [-0.2, 0) is 0 Å². The van der Waals surface area contributed by atoms with Crippen LogP contribution in [0.1, 0.15) is 105 Å². The first kappa shape index (κ1) is 20.5. The Morgan fingerprint density at radius 2 is 1.42 bits per heavy atom. The molecular formula is C22H41BS. The van der Waals surface area contributed by atoms with E-state index in [9.17, 15) is 0 Å². The molecule has 0 aromatic heterocycles. The molecule has 0 aromatic rings. The standard InChI is InChI=1S/C22H41BS/c1-5-6-17-24-18-21(22(2,3)4)23(19-13-9-7-10-14-19)20-15-11-8-12-16-20/h18-20H,5-17H2,1-4H3/b21-18+. The summed E-state index contributed by atoms with van der Waals surface area (Å²) >= 11 is 2.11. The van der Waals surface area contributed by atoms with Crippen LogP contribution in [0.15, 0.2) is 10.9 Å². The van der Waals surface area contributed by atoms with Gasteiger partial charge in [0.25, 0.3) is 0 Å². The molecule has 0 spiro atoms. The van der Waals surface area contributed by atoms with Gasteiger partial charge in [0.2, 0.25) is 0 Å². The summed E-state index contributed by atoms with van der Waals surface area (Å²) in [6, 6.07) is 0. The fourth-order valence-electron chi connectivity index (χ4n) is 5.01. The first-order valence-electron chi connectivity index (χ1n) is 10.9. The minimum Gasteiger partial charge on any atom is -0.135 e. The Kier molecular flexibility index (Phi) is 8.82. The van der Waals surface area contributed by atoms with Gasteiger partial charge in [-0.25, -0.2) is 0 Å². The Bertz CT molecular complexity index is 352. The summed E-state index contributed by atoms with van der Waals surface area (Å²) in [5.74, 6) is 3.25. The lowest BCUT2D eigenvalue weighted by Gasteiger charge is -2.41. The van der Waals surface area contributed by atoms with Crippen LogP contribution < -0.4 is 0 Å². The van der Waals surface area contributed by atoms with Crippen molar-refractivity contribution in [3.63, 3.8) is 0 Å². The molecule has 24 heavy (non-hydrogen) atoms. The number of unbranched alkanes of at least 4 members (excludes halogenated alkanes) is 1. The number of rotatable bonds is 7. The molecule has 0 atom stereocenters. The average Bonchev–Trinajstić information content (AvgIpc) is 2.58. The summed E-state index contributed by atoms with van der Waals surface area (Å²) in [5, 5.41) is 2.63. The van der Waals surface area contributed by atoms with Crippen molar-refractivity contribution in [3.05, 3.63) is 10.9 Å². The largest absolute Gasteiger partial charge is 0.178 e. The fourth-order valence-corrected chi connectivity index (χ4v) is 6.27. The number of hydrogen-bond acceptors (Lipinski definition) is 1. The minimum atomic E-state index is 0.332. The second kappa shape index (κ2) is 10.3. The molecule has 0 amide bonds. The van der Waals surface area contributed by atoms with Gasteiger partial charge in [0.1, 0.15) is 0 Å². The quantitative estimate of drug-likeness (QED) is 0.330. The van der Waals surface area contributed by atoms with Gasteiger partial charge in [-0.2, -0.15) is 0 Å². The van der Waals surface area contributed by atoms with Gasteiger partial charge in [-0.1, -0.05) is 115 Å². The van der Waals surface area contributed by atoms with Crippen molar-refractivity contribution in [2.75, 3.05) is 5.75 Å². The van der Waals surface area contributed by atoms with Gasteiger partial charge in [0.15, 0.2) is 6.71 Å². The molecule has 2 heteroatoms. The highest BCUT2D eigenvalue weighted by Crippen LogP contribution is 2.48. The van der Waals surface area contributed by atoms with Gasteiger partial charge in [-0.15, -0.1) is 11.8 Å². The van der Waals surface area contributed by atoms with E-state index in [1.807, 2.05) is 5.47 Å². The molecule has 0 radical (unpaired) electrons. The maximum absolute atomic E-state index is 2.63. The summed E-state index contributed by atoms with van der Waals surface area (Å²) in [6.45, 7) is 10.6. The third kappa shape index (κ3) is 6.15. The summed E-state index contributed by atoms with van der Waals surface area (Å²) in [5.41, 5.74) is 2.14. The van der Waals surface area contributed by atoms with E-state index >= 15 is 0 Å². The molecule has 2 fully saturated rings. The lowest BCUT2D eigenvalue weighted by Crippen LogP contribution is -2.37. The first-order chi connectivity index (χ1) is 11.5. The van der Waals surface area contributed by atoms with Crippen molar-refractivity contribution in [2.24, 2.45) is 5.41 Å². The van der Waals surface area contributed by atoms with Crippen molar-refractivity contribution in [2.45, 2.75) is 116 Å². The van der Waals surface area contributed by atoms with Crippen LogP contribution in [0.25, 0.3) is 0 Å². The lowest BCUT2D eigenvalue weighted by atomic mass is 9.25. The van der Waals surface area contributed by atoms with Gasteiger partial charge in [-0.3, -0.25) is 0 Å². The van der Waals surface area contributed by atoms with Gasteiger partial charge >= 0.3 is 0 Å². The van der Waals surface area contributed by atoms with Crippen LogP contribution >= 0.6 is 11.8 Å². The summed E-state index contributed by atoms with van der Waals surface area (Å²) in [7, 11) is 0. The molecule has 0 aliphatic heterocycles. The topological polar surface area (TPSA) is 0 Å². The van der Waals surface area contributed by atoms with Crippen LogP contribution in [0.4, 0.5) is 0 Å². The number of thioether (sulfide) groups is 1. The average molecular weight is 348 g/mol. The van der Waals surface area contributed by atoms with Crippen LogP contribution in [0.3, 0.4) is 0 Å². The normalized spacial score (nSPS) is 21.9. The van der Waals surface area contributed by atoms with E-state index in [0.717, 1.165) is 18.3 Å². The van der Waals surface area contributed by atoms with Gasteiger partial charge < -0.3 is 0 Å². The van der Waals surface area contributed by atoms with Crippen LogP contribution in [0.2, 0.25) is 11.6 Å². The highest BCUT2D eigenvalue weighted by molar-refractivity contribution is 8.02. The van der Waals surface area contributed by atoms with Crippen molar-refractivity contribution in [3.8, 4) is 0 Å². The van der Waals surface area contributed by atoms with Gasteiger partial charge in [0.05, 0.1) is 0 Å². The predicted octanol–water partition coefficient (Wildman–Crippen LogP) is 8.15. The Labute approximate surface area is 157 Å². The van der Waals surface area contributed by atoms with Crippen molar-refractivity contribution in [1.82, 2.24) is 0 Å². The molecule has 2 rings (SSSR count). The SMILES string of the molecule is CCCCS/C=C(/B(C1CCCCC1)C1CCCCC1)C(C)(C)C. The Balaban J connectivity index is 2.21. The highest BCUT2D eigenvalue weighted by atomic mass is 32.2. The molecule has 2 saturated carbocycles. The fraction of sp³-hybridized carbons (Fsp3) is 0.909. The molecule has 0 N–H and O–H groups in total. The van der Waals surface area contributed by atoms with Crippen LogP contribution in [0.5, 0.6) is 0 Å². The summed E-state index contributed by atoms with van der Waals surface area (Å²) < 4.78 is 0. The van der Waals surface area contributed by atoms with Gasteiger partial charge in [-0.05, 0) is 23.0 Å². The molecule has 0 bridgehead atoms. The first-order valence-corrected chi connectivity index (χ1v) is 11.9. The Morgan fingerprint density at radius 1 is 0.917 bits per heavy atom. The number of allylic oxidation sites excluding steroid dienone is 1. The molecule has 2 aliphatic rings. The molecule has 138 valence electrons. The second-order valence-corrected chi connectivity index (χ2v) is 10.3. The summed E-state index contributed by atoms with van der Waals surface area (Å²) in [6.07, 6.45) is 17.5. The lowest BCUT2D eigenvalue weighted by molar-refractivity contribution is 0.451. The van der Waals surface area contributed by atoms with Crippen molar-refractivity contribution < 1.29 is 0 Å². The van der Waals surface area contributed by atoms with Crippen molar-refractivity contribution >= 4 is 18.5 Å². The smallest absolute Gasteiger partial charge is 0.135 e.